The summed E-state index contributed by atoms with van der Waals surface area (Å²) in [4.78, 5) is 39.9. The van der Waals surface area contributed by atoms with Crippen molar-refractivity contribution in [2.24, 2.45) is 5.92 Å². The van der Waals surface area contributed by atoms with Gasteiger partial charge < -0.3 is 15.5 Å². The van der Waals surface area contributed by atoms with Crippen LogP contribution in [0.25, 0.3) is 0 Å². The first-order valence-corrected chi connectivity index (χ1v) is 10.3. The molecule has 6 heteroatoms. The van der Waals surface area contributed by atoms with E-state index in [-0.39, 0.29) is 23.6 Å². The average Bonchev–Trinajstić information content (AvgIpc) is 2.72. The first-order valence-electron chi connectivity index (χ1n) is 10.3. The minimum Gasteiger partial charge on any atom is -0.340 e. The van der Waals surface area contributed by atoms with E-state index in [1.807, 2.05) is 46.8 Å². The van der Waals surface area contributed by atoms with Crippen molar-refractivity contribution in [1.82, 2.24) is 10.2 Å². The van der Waals surface area contributed by atoms with Crippen molar-refractivity contribution >= 4 is 23.4 Å². The summed E-state index contributed by atoms with van der Waals surface area (Å²) in [6.45, 7) is 10.7. The molecule has 2 N–H and O–H groups in total. The SMILES string of the molecule is CCN(CC)C(=O)c1cccc(NC(=O)[C@H](NC(=O)c2ccccc2C)C(C)C)c1. The third kappa shape index (κ3) is 5.69. The highest BCUT2D eigenvalue weighted by molar-refractivity contribution is 6.02. The first kappa shape index (κ1) is 23.1. The van der Waals surface area contributed by atoms with Gasteiger partial charge in [-0.1, -0.05) is 38.1 Å². The minimum absolute atomic E-state index is 0.0793. The summed E-state index contributed by atoms with van der Waals surface area (Å²) in [6, 6.07) is 13.4. The van der Waals surface area contributed by atoms with E-state index in [1.165, 1.54) is 0 Å². The standard InChI is InChI=1S/C24H31N3O3/c1-6-27(7-2)24(30)18-12-10-13-19(15-18)25-23(29)21(16(3)4)26-22(28)20-14-9-8-11-17(20)5/h8-16,21H,6-7H2,1-5H3,(H,25,29)(H,26,28)/t21-/m1/s1. The normalized spacial score (nSPS) is 11.7. The number of carbonyl (C=O) groups excluding carboxylic acids is 3. The highest BCUT2D eigenvalue weighted by Crippen LogP contribution is 2.15. The highest BCUT2D eigenvalue weighted by atomic mass is 16.2. The van der Waals surface area contributed by atoms with Gasteiger partial charge in [-0.15, -0.1) is 0 Å². The van der Waals surface area contributed by atoms with Crippen LogP contribution >= 0.6 is 0 Å². The summed E-state index contributed by atoms with van der Waals surface area (Å²) in [5, 5.41) is 5.68. The molecule has 2 rings (SSSR count). The van der Waals surface area contributed by atoms with Gasteiger partial charge in [0.05, 0.1) is 0 Å². The first-order chi connectivity index (χ1) is 14.3. The third-order valence-electron chi connectivity index (χ3n) is 5.05. The van der Waals surface area contributed by atoms with Crippen molar-refractivity contribution < 1.29 is 14.4 Å². The molecule has 3 amide bonds. The van der Waals surface area contributed by atoms with Gasteiger partial charge in [0.15, 0.2) is 0 Å². The van der Waals surface area contributed by atoms with Crippen molar-refractivity contribution in [3.05, 3.63) is 65.2 Å². The van der Waals surface area contributed by atoms with Crippen molar-refractivity contribution in [1.29, 1.82) is 0 Å². The van der Waals surface area contributed by atoms with Crippen LogP contribution in [0.3, 0.4) is 0 Å². The van der Waals surface area contributed by atoms with E-state index in [1.54, 1.807) is 41.3 Å². The maximum atomic E-state index is 12.9. The fraction of sp³-hybridized carbons (Fsp3) is 0.375. The zero-order valence-electron chi connectivity index (χ0n) is 18.4. The Morgan fingerprint density at radius 3 is 2.23 bits per heavy atom. The summed E-state index contributed by atoms with van der Waals surface area (Å²) in [5.74, 6) is -0.797. The fourth-order valence-corrected chi connectivity index (χ4v) is 3.22. The van der Waals surface area contributed by atoms with E-state index in [0.717, 1.165) is 5.56 Å². The van der Waals surface area contributed by atoms with Gasteiger partial charge in [0.25, 0.3) is 11.8 Å². The lowest BCUT2D eigenvalue weighted by Gasteiger charge is -2.23. The highest BCUT2D eigenvalue weighted by Gasteiger charge is 2.25. The number of benzene rings is 2. The van der Waals surface area contributed by atoms with Gasteiger partial charge in [-0.05, 0) is 56.5 Å². The summed E-state index contributed by atoms with van der Waals surface area (Å²) in [7, 11) is 0. The molecule has 1 atom stereocenters. The second-order valence-corrected chi connectivity index (χ2v) is 7.56. The molecule has 0 saturated heterocycles. The quantitative estimate of drug-likeness (QED) is 0.695. The van der Waals surface area contributed by atoms with Crippen LogP contribution in [0, 0.1) is 12.8 Å². The van der Waals surface area contributed by atoms with Crippen LogP contribution in [0.5, 0.6) is 0 Å². The zero-order valence-corrected chi connectivity index (χ0v) is 18.4. The van der Waals surface area contributed by atoms with Gasteiger partial charge >= 0.3 is 0 Å². The van der Waals surface area contributed by atoms with Gasteiger partial charge in [-0.2, -0.15) is 0 Å². The number of amides is 3. The Morgan fingerprint density at radius 2 is 1.63 bits per heavy atom. The van der Waals surface area contributed by atoms with Crippen LogP contribution in [0.15, 0.2) is 48.5 Å². The number of aryl methyl sites for hydroxylation is 1. The molecule has 0 aromatic heterocycles. The second-order valence-electron chi connectivity index (χ2n) is 7.56. The fourth-order valence-electron chi connectivity index (χ4n) is 3.22. The Bertz CT molecular complexity index is 904. The smallest absolute Gasteiger partial charge is 0.253 e. The van der Waals surface area contributed by atoms with Gasteiger partial charge in [0.1, 0.15) is 6.04 Å². The largest absolute Gasteiger partial charge is 0.340 e. The lowest BCUT2D eigenvalue weighted by molar-refractivity contribution is -0.118. The number of nitrogens with one attached hydrogen (secondary N) is 2. The molecule has 0 saturated carbocycles. The van der Waals surface area contributed by atoms with Crippen molar-refractivity contribution in [2.45, 2.75) is 40.7 Å². The number of carbonyl (C=O) groups is 3. The summed E-state index contributed by atoms with van der Waals surface area (Å²) in [6.07, 6.45) is 0. The van der Waals surface area contributed by atoms with Crippen LogP contribution in [0.2, 0.25) is 0 Å². The molecule has 0 radical (unpaired) electrons. The van der Waals surface area contributed by atoms with E-state index in [2.05, 4.69) is 10.6 Å². The third-order valence-corrected chi connectivity index (χ3v) is 5.05. The molecule has 0 heterocycles. The topological polar surface area (TPSA) is 78.5 Å². The number of rotatable bonds is 8. The molecule has 2 aromatic rings. The van der Waals surface area contributed by atoms with E-state index in [9.17, 15) is 14.4 Å². The second kappa shape index (κ2) is 10.6. The van der Waals surface area contributed by atoms with Crippen LogP contribution in [0.4, 0.5) is 5.69 Å². The number of anilines is 1. The molecule has 0 spiro atoms. The van der Waals surface area contributed by atoms with E-state index >= 15 is 0 Å². The van der Waals surface area contributed by atoms with E-state index in [4.69, 9.17) is 0 Å². The molecule has 2 aromatic carbocycles. The molecule has 0 aliphatic rings. The summed E-state index contributed by atoms with van der Waals surface area (Å²) in [5.41, 5.74) is 2.43. The minimum atomic E-state index is -0.709. The molecule has 30 heavy (non-hydrogen) atoms. The molecule has 0 aliphatic carbocycles. The summed E-state index contributed by atoms with van der Waals surface area (Å²) >= 11 is 0. The zero-order chi connectivity index (χ0) is 22.3. The maximum absolute atomic E-state index is 12.9. The van der Waals surface area contributed by atoms with Crippen molar-refractivity contribution in [3.8, 4) is 0 Å². The Morgan fingerprint density at radius 1 is 0.967 bits per heavy atom. The lowest BCUT2D eigenvalue weighted by atomic mass is 10.0. The van der Waals surface area contributed by atoms with Gasteiger partial charge in [-0.25, -0.2) is 0 Å². The van der Waals surface area contributed by atoms with Crippen LogP contribution in [-0.2, 0) is 4.79 Å². The molecule has 6 nitrogen and oxygen atoms in total. The predicted molar refractivity (Wildman–Crippen MR) is 120 cm³/mol. The van der Waals surface area contributed by atoms with Gasteiger partial charge in [-0.3, -0.25) is 14.4 Å². The molecule has 0 aliphatic heterocycles. The maximum Gasteiger partial charge on any atom is 0.253 e. The van der Waals surface area contributed by atoms with Crippen molar-refractivity contribution in [3.63, 3.8) is 0 Å². The number of hydrogen-bond acceptors (Lipinski definition) is 3. The Hall–Kier alpha value is -3.15. The monoisotopic (exact) mass is 409 g/mol. The Balaban J connectivity index is 2.16. The Labute approximate surface area is 178 Å². The molecule has 0 unspecified atom stereocenters. The van der Waals surface area contributed by atoms with Crippen LogP contribution in [-0.4, -0.2) is 41.8 Å². The molecule has 160 valence electrons. The van der Waals surface area contributed by atoms with Crippen molar-refractivity contribution in [2.75, 3.05) is 18.4 Å². The van der Waals surface area contributed by atoms with Crippen LogP contribution < -0.4 is 10.6 Å². The summed E-state index contributed by atoms with van der Waals surface area (Å²) < 4.78 is 0. The molecule has 0 fully saturated rings. The van der Waals surface area contributed by atoms with Crippen LogP contribution in [0.1, 0.15) is 54.0 Å². The molecular formula is C24H31N3O3. The van der Waals surface area contributed by atoms with E-state index < -0.39 is 6.04 Å². The van der Waals surface area contributed by atoms with E-state index in [0.29, 0.717) is 29.9 Å². The number of hydrogen-bond donors (Lipinski definition) is 2. The lowest BCUT2D eigenvalue weighted by Crippen LogP contribution is -2.47. The van der Waals surface area contributed by atoms with Gasteiger partial charge in [0.2, 0.25) is 5.91 Å². The number of nitrogens with zero attached hydrogens (tertiary/aromatic N) is 1. The molecular weight excluding hydrogens is 378 g/mol. The van der Waals surface area contributed by atoms with Gasteiger partial charge in [0, 0.05) is 29.9 Å². The molecule has 0 bridgehead atoms. The Kier molecular flexibility index (Phi) is 8.16. The predicted octanol–water partition coefficient (Wildman–Crippen LogP) is 3.87. The average molecular weight is 410 g/mol.